The Morgan fingerprint density at radius 3 is 2.28 bits per heavy atom. The fourth-order valence-electron chi connectivity index (χ4n) is 2.25. The van der Waals surface area contributed by atoms with Crippen LogP contribution in [-0.4, -0.2) is 15.5 Å². The molecule has 0 radical (unpaired) electrons. The van der Waals surface area contributed by atoms with Crippen molar-refractivity contribution in [3.63, 3.8) is 0 Å². The number of anilines is 1. The van der Waals surface area contributed by atoms with Gasteiger partial charge in [-0.15, -0.1) is 0 Å². The lowest BCUT2D eigenvalue weighted by Gasteiger charge is -2.15. The van der Waals surface area contributed by atoms with Crippen LogP contribution < -0.4 is 9.46 Å². The van der Waals surface area contributed by atoms with E-state index in [1.807, 2.05) is 0 Å². The van der Waals surface area contributed by atoms with Gasteiger partial charge in [0.05, 0.1) is 28.3 Å². The van der Waals surface area contributed by atoms with Crippen molar-refractivity contribution < 1.29 is 26.3 Å². The van der Waals surface area contributed by atoms with Crippen LogP contribution in [-0.2, 0) is 16.2 Å². The second-order valence-corrected chi connectivity index (χ2v) is 7.44. The molecule has 0 heterocycles. The smallest absolute Gasteiger partial charge is 0.416 e. The fourth-order valence-corrected chi connectivity index (χ4v) is 3.86. The summed E-state index contributed by atoms with van der Waals surface area (Å²) in [5.74, 6) is 0.508. The van der Waals surface area contributed by atoms with Crippen LogP contribution in [0.5, 0.6) is 5.75 Å². The van der Waals surface area contributed by atoms with E-state index in [1.54, 1.807) is 13.8 Å². The molecule has 4 nitrogen and oxygen atoms in total. The highest BCUT2D eigenvalue weighted by molar-refractivity contribution is 7.92. The summed E-state index contributed by atoms with van der Waals surface area (Å²) in [5, 5.41) is -0.139. The number of sulfonamides is 1. The van der Waals surface area contributed by atoms with Crippen molar-refractivity contribution in [2.45, 2.75) is 24.9 Å². The molecule has 136 valence electrons. The molecular weight excluding hydrogens is 379 g/mol. The number of ether oxygens (including phenoxy) is 1. The lowest BCUT2D eigenvalue weighted by molar-refractivity contribution is -0.137. The predicted octanol–water partition coefficient (Wildman–Crippen LogP) is 4.79. The van der Waals surface area contributed by atoms with E-state index in [0.29, 0.717) is 22.9 Å². The lowest BCUT2D eigenvalue weighted by atomic mass is 10.1. The molecule has 0 aliphatic heterocycles. The molecule has 9 heteroatoms. The van der Waals surface area contributed by atoms with Gasteiger partial charge in [0.1, 0.15) is 5.75 Å². The molecule has 0 aromatic heterocycles. The van der Waals surface area contributed by atoms with Crippen LogP contribution in [0.2, 0.25) is 5.02 Å². The minimum absolute atomic E-state index is 0.0701. The Bertz CT molecular complexity index is 912. The van der Waals surface area contributed by atoms with Crippen molar-refractivity contribution in [2.24, 2.45) is 0 Å². The summed E-state index contributed by atoms with van der Waals surface area (Å²) in [6.45, 7) is 3.22. The van der Waals surface area contributed by atoms with Gasteiger partial charge in [-0.1, -0.05) is 11.6 Å². The second-order valence-electron chi connectivity index (χ2n) is 5.39. The topological polar surface area (TPSA) is 55.4 Å². The molecule has 0 fully saturated rings. The molecule has 2 aromatic carbocycles. The molecule has 0 spiro atoms. The third kappa shape index (κ3) is 4.19. The van der Waals surface area contributed by atoms with Crippen LogP contribution in [0.3, 0.4) is 0 Å². The third-order valence-electron chi connectivity index (χ3n) is 3.52. The molecular formula is C16H15ClF3NO3S. The molecule has 0 aliphatic rings. The fraction of sp³-hybridized carbons (Fsp3) is 0.250. The van der Waals surface area contributed by atoms with E-state index in [1.165, 1.54) is 19.2 Å². The van der Waals surface area contributed by atoms with Gasteiger partial charge in [-0.2, -0.15) is 13.2 Å². The first kappa shape index (κ1) is 19.4. The average molecular weight is 394 g/mol. The van der Waals surface area contributed by atoms with Crippen LogP contribution in [0.4, 0.5) is 18.9 Å². The number of methoxy groups -OCH3 is 1. The average Bonchev–Trinajstić information content (AvgIpc) is 2.49. The van der Waals surface area contributed by atoms with Gasteiger partial charge in [0.25, 0.3) is 10.0 Å². The maximum Gasteiger partial charge on any atom is 0.416 e. The third-order valence-corrected chi connectivity index (χ3v) is 5.36. The molecule has 0 amide bonds. The molecule has 0 aliphatic carbocycles. The van der Waals surface area contributed by atoms with E-state index in [-0.39, 0.29) is 15.6 Å². The van der Waals surface area contributed by atoms with Gasteiger partial charge in [-0.05, 0) is 55.3 Å². The van der Waals surface area contributed by atoms with Crippen LogP contribution in [0.1, 0.15) is 16.7 Å². The quantitative estimate of drug-likeness (QED) is 0.812. The summed E-state index contributed by atoms with van der Waals surface area (Å²) in [7, 11) is -2.68. The zero-order chi connectivity index (χ0) is 19.0. The predicted molar refractivity (Wildman–Crippen MR) is 89.7 cm³/mol. The molecule has 1 N–H and O–H groups in total. The van der Waals surface area contributed by atoms with E-state index in [9.17, 15) is 21.6 Å². The Kier molecular flexibility index (Phi) is 5.24. The highest BCUT2D eigenvalue weighted by Crippen LogP contribution is 2.35. The van der Waals surface area contributed by atoms with Crippen LogP contribution in [0, 0.1) is 13.8 Å². The molecule has 0 saturated carbocycles. The molecule has 25 heavy (non-hydrogen) atoms. The van der Waals surface area contributed by atoms with Gasteiger partial charge in [-0.25, -0.2) is 8.42 Å². The van der Waals surface area contributed by atoms with E-state index in [0.717, 1.165) is 12.1 Å². The van der Waals surface area contributed by atoms with Gasteiger partial charge >= 0.3 is 6.18 Å². The molecule has 0 bridgehead atoms. The lowest BCUT2D eigenvalue weighted by Crippen LogP contribution is -2.16. The minimum atomic E-state index is -4.61. The first-order valence-electron chi connectivity index (χ1n) is 7.00. The van der Waals surface area contributed by atoms with E-state index in [4.69, 9.17) is 16.3 Å². The van der Waals surface area contributed by atoms with Crippen molar-refractivity contribution in [2.75, 3.05) is 11.8 Å². The standard InChI is InChI=1S/C16H15ClF3NO3S/c1-9-7-15(10(2)6-14(9)24-3)25(22,23)21-13-8-11(16(18,19)20)4-5-12(13)17/h4-8,21H,1-3H3. The maximum atomic E-state index is 12.8. The first-order chi connectivity index (χ1) is 11.5. The number of benzene rings is 2. The molecule has 0 unspecified atom stereocenters. The number of aryl methyl sites for hydroxylation is 2. The Balaban J connectivity index is 2.48. The summed E-state index contributed by atoms with van der Waals surface area (Å²) >= 11 is 5.84. The molecule has 2 rings (SSSR count). The Hall–Kier alpha value is -1.93. The number of nitrogens with one attached hydrogen (secondary N) is 1. The number of alkyl halides is 3. The van der Waals surface area contributed by atoms with Crippen molar-refractivity contribution >= 4 is 27.3 Å². The van der Waals surface area contributed by atoms with Gasteiger partial charge in [0.2, 0.25) is 0 Å². The van der Waals surface area contributed by atoms with Gasteiger partial charge in [0.15, 0.2) is 0 Å². The maximum absolute atomic E-state index is 12.8. The molecule has 0 saturated heterocycles. The van der Waals surface area contributed by atoms with Crippen LogP contribution >= 0.6 is 11.6 Å². The SMILES string of the molecule is COc1cc(C)c(S(=O)(=O)Nc2cc(C(F)(F)F)ccc2Cl)cc1C. The summed E-state index contributed by atoms with van der Waals surface area (Å²) in [4.78, 5) is -0.0701. The molecule has 0 atom stereocenters. The summed E-state index contributed by atoms with van der Waals surface area (Å²) < 4.78 is 70.9. The van der Waals surface area contributed by atoms with Crippen LogP contribution in [0.25, 0.3) is 0 Å². The Morgan fingerprint density at radius 1 is 1.08 bits per heavy atom. The van der Waals surface area contributed by atoms with E-state index >= 15 is 0 Å². The van der Waals surface area contributed by atoms with Crippen molar-refractivity contribution in [3.05, 3.63) is 52.0 Å². The minimum Gasteiger partial charge on any atom is -0.496 e. The normalized spacial score (nSPS) is 12.1. The van der Waals surface area contributed by atoms with Gasteiger partial charge < -0.3 is 4.74 Å². The summed E-state index contributed by atoms with van der Waals surface area (Å²) in [6, 6.07) is 5.36. The second kappa shape index (κ2) is 6.76. The van der Waals surface area contributed by atoms with E-state index < -0.39 is 21.8 Å². The number of halogens is 4. The van der Waals surface area contributed by atoms with Crippen molar-refractivity contribution in [1.29, 1.82) is 0 Å². The zero-order valence-electron chi connectivity index (χ0n) is 13.5. The van der Waals surface area contributed by atoms with Gasteiger partial charge in [0, 0.05) is 0 Å². The number of hydrogen-bond acceptors (Lipinski definition) is 3. The summed E-state index contributed by atoms with van der Waals surface area (Å²) in [5.41, 5.74) is -0.386. The van der Waals surface area contributed by atoms with E-state index in [2.05, 4.69) is 4.72 Å². The van der Waals surface area contributed by atoms with Crippen LogP contribution in [0.15, 0.2) is 35.2 Å². The zero-order valence-corrected chi connectivity index (χ0v) is 15.1. The van der Waals surface area contributed by atoms with Crippen molar-refractivity contribution in [1.82, 2.24) is 0 Å². The monoisotopic (exact) mass is 393 g/mol. The van der Waals surface area contributed by atoms with Gasteiger partial charge in [-0.3, -0.25) is 4.72 Å². The Morgan fingerprint density at radius 2 is 1.72 bits per heavy atom. The Labute approximate surface area is 148 Å². The highest BCUT2D eigenvalue weighted by Gasteiger charge is 2.31. The molecule has 2 aromatic rings. The number of hydrogen-bond donors (Lipinski definition) is 1. The first-order valence-corrected chi connectivity index (χ1v) is 8.86. The largest absolute Gasteiger partial charge is 0.496 e. The van der Waals surface area contributed by atoms with Crippen molar-refractivity contribution in [3.8, 4) is 5.75 Å². The highest BCUT2D eigenvalue weighted by atomic mass is 35.5. The summed E-state index contributed by atoms with van der Waals surface area (Å²) in [6.07, 6.45) is -4.61. The number of rotatable bonds is 4.